The van der Waals surface area contributed by atoms with Crippen LogP contribution in [0.1, 0.15) is 0 Å². The minimum absolute atomic E-state index is 0.196. The van der Waals surface area contributed by atoms with Crippen molar-refractivity contribution in [3.8, 4) is 50.8 Å². The molecule has 0 radical (unpaired) electrons. The average molecular weight is 417 g/mol. The van der Waals surface area contributed by atoms with E-state index in [1.54, 1.807) is 12.1 Å². The molecule has 0 saturated carbocycles. The fourth-order valence-electron chi connectivity index (χ4n) is 4.01. The normalized spacial score (nSPS) is 10.8. The summed E-state index contributed by atoms with van der Waals surface area (Å²) in [4.78, 5) is 0. The van der Waals surface area contributed by atoms with Crippen LogP contribution < -0.4 is 4.57 Å². The van der Waals surface area contributed by atoms with Gasteiger partial charge in [-0.15, -0.1) is 4.57 Å². The molecule has 2 N–H and O–H groups in total. The molecular weight excluding hydrogens is 394 g/mol. The van der Waals surface area contributed by atoms with Gasteiger partial charge in [0.25, 0.3) is 5.69 Å². The lowest BCUT2D eigenvalue weighted by Gasteiger charge is -2.14. The first kappa shape index (κ1) is 19.6. The van der Waals surface area contributed by atoms with Crippen molar-refractivity contribution in [3.05, 3.63) is 121 Å². The minimum atomic E-state index is 0.196. The van der Waals surface area contributed by atoms with Gasteiger partial charge >= 0.3 is 0 Å². The summed E-state index contributed by atoms with van der Waals surface area (Å²) < 4.78 is 2.05. The summed E-state index contributed by atoms with van der Waals surface area (Å²) in [5.74, 6) is 0.400. The Balaban J connectivity index is 1.92. The summed E-state index contributed by atoms with van der Waals surface area (Å²) in [5, 5.41) is 21.5. The first-order chi connectivity index (χ1) is 15.7. The number of aromatic nitrogens is 1. The molecule has 0 aliphatic heterocycles. The molecule has 0 spiro atoms. The maximum atomic E-state index is 11.6. The molecule has 0 unspecified atom stereocenters. The quantitative estimate of drug-likeness (QED) is 0.334. The molecule has 5 aromatic rings. The second-order valence-electron chi connectivity index (χ2n) is 7.59. The van der Waals surface area contributed by atoms with Gasteiger partial charge in [0, 0.05) is 29.3 Å². The molecule has 1 aromatic heterocycles. The van der Waals surface area contributed by atoms with E-state index >= 15 is 0 Å². The molecule has 0 saturated heterocycles. The van der Waals surface area contributed by atoms with Crippen LogP contribution in [0.3, 0.4) is 0 Å². The summed E-state index contributed by atoms with van der Waals surface area (Å²) in [5.41, 5.74) is 6.09. The zero-order valence-corrected chi connectivity index (χ0v) is 17.4. The number of hydrogen-bond acceptors (Lipinski definition) is 2. The highest BCUT2D eigenvalue weighted by atomic mass is 16.3. The van der Waals surface area contributed by atoms with Crippen molar-refractivity contribution >= 4 is 0 Å². The molecule has 32 heavy (non-hydrogen) atoms. The van der Waals surface area contributed by atoms with E-state index in [-0.39, 0.29) is 11.5 Å². The van der Waals surface area contributed by atoms with Gasteiger partial charge in [0.1, 0.15) is 5.75 Å². The highest BCUT2D eigenvalue weighted by Crippen LogP contribution is 2.39. The SMILES string of the molecule is Oc1ccc(-[n+]2c(-c3ccccc3)cc(-c3ccccc3)c(O)c2-c2ccccc2)cc1. The molecular formula is C29H22NO2+. The van der Waals surface area contributed by atoms with Crippen LogP contribution in [-0.2, 0) is 0 Å². The Morgan fingerprint density at radius 2 is 1.00 bits per heavy atom. The second-order valence-corrected chi connectivity index (χ2v) is 7.59. The molecule has 0 amide bonds. The third kappa shape index (κ3) is 3.61. The van der Waals surface area contributed by atoms with Crippen LogP contribution in [-0.4, -0.2) is 10.2 Å². The predicted octanol–water partition coefficient (Wildman–Crippen LogP) is 6.38. The Morgan fingerprint density at radius 3 is 1.56 bits per heavy atom. The summed E-state index contributed by atoms with van der Waals surface area (Å²) in [7, 11) is 0. The van der Waals surface area contributed by atoms with E-state index in [1.807, 2.05) is 102 Å². The van der Waals surface area contributed by atoms with Crippen LogP contribution in [0, 0.1) is 0 Å². The van der Waals surface area contributed by atoms with Gasteiger partial charge in [-0.2, -0.15) is 0 Å². The number of pyridine rings is 1. The lowest BCUT2D eigenvalue weighted by atomic mass is 9.97. The first-order valence-corrected chi connectivity index (χ1v) is 10.5. The Kier molecular flexibility index (Phi) is 5.14. The van der Waals surface area contributed by atoms with Gasteiger partial charge < -0.3 is 10.2 Å². The number of hydrogen-bond donors (Lipinski definition) is 2. The topological polar surface area (TPSA) is 44.3 Å². The van der Waals surface area contributed by atoms with Crippen LogP contribution >= 0.6 is 0 Å². The van der Waals surface area contributed by atoms with Gasteiger partial charge in [-0.25, -0.2) is 0 Å². The molecule has 0 fully saturated rings. The van der Waals surface area contributed by atoms with Crippen molar-refractivity contribution in [2.75, 3.05) is 0 Å². The molecule has 154 valence electrons. The maximum absolute atomic E-state index is 11.6. The smallest absolute Gasteiger partial charge is 0.261 e. The summed E-state index contributed by atoms with van der Waals surface area (Å²) in [6.07, 6.45) is 0. The molecule has 0 atom stereocenters. The van der Waals surface area contributed by atoms with Gasteiger partial charge in [0.15, 0.2) is 5.75 Å². The number of benzene rings is 4. The predicted molar refractivity (Wildman–Crippen MR) is 128 cm³/mol. The standard InChI is InChI=1S/C29H21NO2/c31-25-18-16-24(17-19-25)30-27(22-12-6-2-7-13-22)20-26(21-10-4-1-5-11-21)29(32)28(30)23-14-8-3-9-15-23/h1-20H,(H-,31,32)/p+1. The van der Waals surface area contributed by atoms with E-state index in [0.717, 1.165) is 33.6 Å². The van der Waals surface area contributed by atoms with E-state index in [9.17, 15) is 10.2 Å². The minimum Gasteiger partial charge on any atom is -0.508 e. The van der Waals surface area contributed by atoms with E-state index in [4.69, 9.17) is 0 Å². The van der Waals surface area contributed by atoms with Crippen molar-refractivity contribution in [2.45, 2.75) is 0 Å². The van der Waals surface area contributed by atoms with E-state index in [2.05, 4.69) is 12.1 Å². The zero-order valence-electron chi connectivity index (χ0n) is 17.4. The summed E-state index contributed by atoms with van der Waals surface area (Å²) >= 11 is 0. The molecule has 0 bridgehead atoms. The lowest BCUT2D eigenvalue weighted by molar-refractivity contribution is -0.572. The Labute approximate surface area is 187 Å². The highest BCUT2D eigenvalue weighted by molar-refractivity contribution is 5.81. The van der Waals surface area contributed by atoms with Crippen LogP contribution in [0.5, 0.6) is 11.5 Å². The number of rotatable bonds is 4. The molecule has 3 nitrogen and oxygen atoms in total. The Hall–Kier alpha value is -4.37. The van der Waals surface area contributed by atoms with Gasteiger partial charge in [-0.1, -0.05) is 66.7 Å². The maximum Gasteiger partial charge on any atom is 0.261 e. The van der Waals surface area contributed by atoms with Crippen LogP contribution in [0.2, 0.25) is 0 Å². The third-order valence-electron chi connectivity index (χ3n) is 5.53. The number of phenols is 1. The zero-order chi connectivity index (χ0) is 21.9. The second kappa shape index (κ2) is 8.40. The van der Waals surface area contributed by atoms with E-state index in [0.29, 0.717) is 5.69 Å². The Morgan fingerprint density at radius 1 is 0.500 bits per heavy atom. The monoisotopic (exact) mass is 416 g/mol. The fourth-order valence-corrected chi connectivity index (χ4v) is 4.01. The molecule has 1 heterocycles. The van der Waals surface area contributed by atoms with E-state index < -0.39 is 0 Å². The third-order valence-corrected chi connectivity index (χ3v) is 5.53. The number of aromatic hydroxyl groups is 2. The molecule has 4 aromatic carbocycles. The van der Waals surface area contributed by atoms with Crippen molar-refractivity contribution < 1.29 is 14.8 Å². The molecule has 0 aliphatic carbocycles. The summed E-state index contributed by atoms with van der Waals surface area (Å²) in [6.45, 7) is 0. The van der Waals surface area contributed by atoms with Gasteiger partial charge in [0.05, 0.1) is 5.56 Å². The van der Waals surface area contributed by atoms with Crippen LogP contribution in [0.4, 0.5) is 0 Å². The number of phenolic OH excluding ortho intramolecular Hbond substituents is 1. The average Bonchev–Trinajstić information content (AvgIpc) is 2.86. The number of nitrogens with zero attached hydrogens (tertiary/aromatic N) is 1. The fraction of sp³-hybridized carbons (Fsp3) is 0. The van der Waals surface area contributed by atoms with E-state index in [1.165, 1.54) is 0 Å². The van der Waals surface area contributed by atoms with Gasteiger partial charge in [-0.05, 0) is 42.0 Å². The highest BCUT2D eigenvalue weighted by Gasteiger charge is 2.29. The molecule has 3 heteroatoms. The van der Waals surface area contributed by atoms with Gasteiger partial charge in [-0.3, -0.25) is 0 Å². The largest absolute Gasteiger partial charge is 0.508 e. The van der Waals surface area contributed by atoms with Crippen molar-refractivity contribution in [2.24, 2.45) is 0 Å². The summed E-state index contributed by atoms with van der Waals surface area (Å²) in [6, 6.07) is 39.0. The van der Waals surface area contributed by atoms with Gasteiger partial charge in [0.2, 0.25) is 11.4 Å². The van der Waals surface area contributed by atoms with Crippen molar-refractivity contribution in [1.82, 2.24) is 0 Å². The van der Waals surface area contributed by atoms with Crippen LogP contribution in [0.15, 0.2) is 121 Å². The molecule has 5 rings (SSSR count). The molecule has 0 aliphatic rings. The van der Waals surface area contributed by atoms with Crippen LogP contribution in [0.25, 0.3) is 39.3 Å². The van der Waals surface area contributed by atoms with Crippen molar-refractivity contribution in [3.63, 3.8) is 0 Å². The lowest BCUT2D eigenvalue weighted by Crippen LogP contribution is -2.36. The van der Waals surface area contributed by atoms with Crippen molar-refractivity contribution in [1.29, 1.82) is 0 Å². The Bertz CT molecular complexity index is 1350. The first-order valence-electron chi connectivity index (χ1n) is 10.5.